The van der Waals surface area contributed by atoms with Crippen LogP contribution in [0.25, 0.3) is 0 Å². The Labute approximate surface area is 84.1 Å². The number of rotatable bonds is 4. The first-order chi connectivity index (χ1) is 6.18. The van der Waals surface area contributed by atoms with Gasteiger partial charge in [0.05, 0.1) is 6.10 Å². The Morgan fingerprint density at radius 3 is 2.62 bits per heavy atom. The summed E-state index contributed by atoms with van der Waals surface area (Å²) in [5, 5.41) is 9.17. The third-order valence-electron chi connectivity index (χ3n) is 2.80. The molecule has 13 heavy (non-hydrogen) atoms. The van der Waals surface area contributed by atoms with Crippen LogP contribution in [0, 0.1) is 5.41 Å². The monoisotopic (exact) mass is 202 g/mol. The Morgan fingerprint density at radius 2 is 2.15 bits per heavy atom. The molecule has 1 fully saturated rings. The van der Waals surface area contributed by atoms with E-state index in [1.54, 1.807) is 6.92 Å². The minimum absolute atomic E-state index is 0.109. The van der Waals surface area contributed by atoms with Crippen molar-refractivity contribution in [3.8, 4) is 0 Å². The molecule has 1 atom stereocenters. The van der Waals surface area contributed by atoms with E-state index < -0.39 is 0 Å². The highest BCUT2D eigenvalue weighted by Crippen LogP contribution is 2.37. The van der Waals surface area contributed by atoms with Crippen molar-refractivity contribution in [2.45, 2.75) is 38.7 Å². The van der Waals surface area contributed by atoms with E-state index in [1.165, 1.54) is 0 Å². The summed E-state index contributed by atoms with van der Waals surface area (Å²) >= 11 is 1.93. The second-order valence-corrected chi connectivity index (χ2v) is 5.21. The summed E-state index contributed by atoms with van der Waals surface area (Å²) in [5.74, 6) is 2.19. The smallest absolute Gasteiger partial charge is 0.126 e. The summed E-state index contributed by atoms with van der Waals surface area (Å²) in [6.45, 7) is 1.79. The Hall–Kier alpha value is -0.0200. The van der Waals surface area contributed by atoms with E-state index in [4.69, 9.17) is 0 Å². The minimum atomic E-state index is -0.272. The lowest BCUT2D eigenvalue weighted by atomic mass is 9.79. The molecule has 0 aliphatic carbocycles. The van der Waals surface area contributed by atoms with Crippen LogP contribution in [-0.4, -0.2) is 29.0 Å². The van der Waals surface area contributed by atoms with Crippen LogP contribution in [0.4, 0.5) is 0 Å². The van der Waals surface area contributed by atoms with Crippen molar-refractivity contribution in [1.82, 2.24) is 0 Å². The molecular weight excluding hydrogens is 184 g/mol. The van der Waals surface area contributed by atoms with E-state index in [0.717, 1.165) is 43.5 Å². The van der Waals surface area contributed by atoms with E-state index in [9.17, 15) is 9.90 Å². The molecule has 0 aromatic carbocycles. The van der Waals surface area contributed by atoms with Crippen LogP contribution in [-0.2, 0) is 4.79 Å². The molecule has 0 spiro atoms. The zero-order valence-electron chi connectivity index (χ0n) is 8.16. The molecule has 0 amide bonds. The molecule has 1 saturated heterocycles. The van der Waals surface area contributed by atoms with E-state index in [1.807, 2.05) is 11.8 Å². The Kier molecular flexibility index (Phi) is 4.26. The molecule has 2 nitrogen and oxygen atoms in total. The molecule has 0 saturated carbocycles. The van der Waals surface area contributed by atoms with E-state index in [0.29, 0.717) is 0 Å². The summed E-state index contributed by atoms with van der Waals surface area (Å²) in [6, 6.07) is 0. The van der Waals surface area contributed by atoms with Gasteiger partial charge in [-0.2, -0.15) is 11.8 Å². The normalized spacial score (nSPS) is 23.8. The van der Waals surface area contributed by atoms with Crippen LogP contribution in [0.5, 0.6) is 0 Å². The van der Waals surface area contributed by atoms with Gasteiger partial charge in [0.25, 0.3) is 0 Å². The number of carbonyl (C=O) groups excluding carboxylic acids is 1. The Morgan fingerprint density at radius 1 is 1.54 bits per heavy atom. The summed E-state index contributed by atoms with van der Waals surface area (Å²) in [6.07, 6.45) is 4.45. The van der Waals surface area contributed by atoms with Crippen LogP contribution in [0.2, 0.25) is 0 Å². The largest absolute Gasteiger partial charge is 0.393 e. The first-order valence-electron chi connectivity index (χ1n) is 4.91. The van der Waals surface area contributed by atoms with Gasteiger partial charge in [0.15, 0.2) is 0 Å². The van der Waals surface area contributed by atoms with Crippen LogP contribution < -0.4 is 0 Å². The molecule has 0 radical (unpaired) electrons. The number of aldehydes is 1. The van der Waals surface area contributed by atoms with Crippen molar-refractivity contribution in [2.75, 3.05) is 11.5 Å². The van der Waals surface area contributed by atoms with Gasteiger partial charge in [-0.15, -0.1) is 0 Å². The lowest BCUT2D eigenvalue weighted by Crippen LogP contribution is -2.28. The number of hydrogen-bond donors (Lipinski definition) is 1. The molecule has 1 aliphatic rings. The van der Waals surface area contributed by atoms with Gasteiger partial charge in [-0.1, -0.05) is 0 Å². The maximum atomic E-state index is 11.0. The molecule has 1 unspecified atom stereocenters. The number of hydrogen-bond acceptors (Lipinski definition) is 3. The maximum Gasteiger partial charge on any atom is 0.126 e. The van der Waals surface area contributed by atoms with Crippen LogP contribution in [0.15, 0.2) is 0 Å². The SMILES string of the molecule is CC(O)CCC1(C=O)CCSCC1. The highest BCUT2D eigenvalue weighted by Gasteiger charge is 2.31. The Bertz CT molecular complexity index is 162. The van der Waals surface area contributed by atoms with Crippen molar-refractivity contribution < 1.29 is 9.90 Å². The molecule has 0 aromatic rings. The average molecular weight is 202 g/mol. The van der Waals surface area contributed by atoms with Gasteiger partial charge in [0.1, 0.15) is 6.29 Å². The van der Waals surface area contributed by atoms with Gasteiger partial charge < -0.3 is 9.90 Å². The highest BCUT2D eigenvalue weighted by molar-refractivity contribution is 7.99. The average Bonchev–Trinajstić information content (AvgIpc) is 2.16. The topological polar surface area (TPSA) is 37.3 Å². The van der Waals surface area contributed by atoms with Crippen LogP contribution in [0.3, 0.4) is 0 Å². The molecule has 76 valence electrons. The zero-order valence-corrected chi connectivity index (χ0v) is 8.98. The Balaban J connectivity index is 2.42. The molecule has 1 N–H and O–H groups in total. The van der Waals surface area contributed by atoms with Gasteiger partial charge in [-0.3, -0.25) is 0 Å². The molecule has 1 rings (SSSR count). The number of aliphatic hydroxyl groups excluding tert-OH is 1. The third kappa shape index (κ3) is 3.31. The van der Waals surface area contributed by atoms with E-state index >= 15 is 0 Å². The lowest BCUT2D eigenvalue weighted by Gasteiger charge is -2.32. The second-order valence-electron chi connectivity index (χ2n) is 3.98. The summed E-state index contributed by atoms with van der Waals surface area (Å²) in [7, 11) is 0. The molecular formula is C10H18O2S. The summed E-state index contributed by atoms with van der Waals surface area (Å²) in [5.41, 5.74) is -0.109. The van der Waals surface area contributed by atoms with Gasteiger partial charge in [0.2, 0.25) is 0 Å². The molecule has 1 aliphatic heterocycles. The first kappa shape index (κ1) is 11.1. The predicted molar refractivity (Wildman–Crippen MR) is 56.0 cm³/mol. The minimum Gasteiger partial charge on any atom is -0.393 e. The van der Waals surface area contributed by atoms with Crippen LogP contribution in [0.1, 0.15) is 32.6 Å². The molecule has 3 heteroatoms. The fourth-order valence-electron chi connectivity index (χ4n) is 1.70. The fourth-order valence-corrected chi connectivity index (χ4v) is 3.01. The van der Waals surface area contributed by atoms with Gasteiger partial charge in [-0.05, 0) is 44.1 Å². The number of carbonyl (C=O) groups is 1. The lowest BCUT2D eigenvalue weighted by molar-refractivity contribution is -0.117. The first-order valence-corrected chi connectivity index (χ1v) is 6.06. The van der Waals surface area contributed by atoms with Crippen LogP contribution >= 0.6 is 11.8 Å². The summed E-state index contributed by atoms with van der Waals surface area (Å²) < 4.78 is 0. The number of aliphatic hydroxyl groups is 1. The van der Waals surface area contributed by atoms with Crippen molar-refractivity contribution in [2.24, 2.45) is 5.41 Å². The van der Waals surface area contributed by atoms with Gasteiger partial charge in [-0.25, -0.2) is 0 Å². The van der Waals surface area contributed by atoms with Crippen molar-refractivity contribution in [3.63, 3.8) is 0 Å². The second kappa shape index (κ2) is 5.01. The van der Waals surface area contributed by atoms with Gasteiger partial charge >= 0.3 is 0 Å². The predicted octanol–water partition coefficient (Wildman–Crippen LogP) is 1.86. The van der Waals surface area contributed by atoms with Crippen molar-refractivity contribution in [1.29, 1.82) is 0 Å². The molecule has 1 heterocycles. The number of thioether (sulfide) groups is 1. The fraction of sp³-hybridized carbons (Fsp3) is 0.900. The third-order valence-corrected chi connectivity index (χ3v) is 3.78. The van der Waals surface area contributed by atoms with Gasteiger partial charge in [0, 0.05) is 5.41 Å². The standard InChI is InChI=1S/C10H18O2S/c1-9(12)2-3-10(8-11)4-6-13-7-5-10/h8-9,12H,2-7H2,1H3. The van der Waals surface area contributed by atoms with Crippen molar-refractivity contribution in [3.05, 3.63) is 0 Å². The van der Waals surface area contributed by atoms with Crippen molar-refractivity contribution >= 4 is 18.0 Å². The summed E-state index contributed by atoms with van der Waals surface area (Å²) in [4.78, 5) is 11.0. The maximum absolute atomic E-state index is 11.0. The zero-order chi connectivity index (χ0) is 9.73. The van der Waals surface area contributed by atoms with E-state index in [2.05, 4.69) is 0 Å². The molecule has 0 bridgehead atoms. The molecule has 0 aromatic heterocycles. The quantitative estimate of drug-likeness (QED) is 0.707. The highest BCUT2D eigenvalue weighted by atomic mass is 32.2. The van der Waals surface area contributed by atoms with E-state index in [-0.39, 0.29) is 11.5 Å².